The van der Waals surface area contributed by atoms with Crippen LogP contribution in [0.5, 0.6) is 0 Å². The van der Waals surface area contributed by atoms with Crippen molar-refractivity contribution in [1.29, 1.82) is 0 Å². The Morgan fingerprint density at radius 3 is 2.55 bits per heavy atom. The monoisotopic (exact) mass is 434 g/mol. The lowest BCUT2D eigenvalue weighted by Gasteiger charge is -2.28. The van der Waals surface area contributed by atoms with Crippen molar-refractivity contribution < 1.29 is 4.74 Å². The van der Waals surface area contributed by atoms with Crippen LogP contribution in [0.25, 0.3) is 0 Å². The summed E-state index contributed by atoms with van der Waals surface area (Å²) in [6.45, 7) is 10.1. The van der Waals surface area contributed by atoms with Gasteiger partial charge < -0.3 is 19.5 Å². The molecule has 2 aromatic heterocycles. The lowest BCUT2D eigenvalue weighted by atomic mass is 9.96. The van der Waals surface area contributed by atoms with Gasteiger partial charge in [0, 0.05) is 36.9 Å². The predicted molar refractivity (Wildman–Crippen MR) is 130 cm³/mol. The first-order valence-electron chi connectivity index (χ1n) is 10.7. The topological polar surface area (TPSA) is 42.3 Å². The molecule has 2 unspecified atom stereocenters. The molecule has 0 amide bonds. The molecule has 2 atom stereocenters. The van der Waals surface area contributed by atoms with Gasteiger partial charge in [0.25, 0.3) is 0 Å². The molecule has 6 heteroatoms. The molecule has 162 valence electrons. The summed E-state index contributed by atoms with van der Waals surface area (Å²) in [7, 11) is 1.74. The van der Waals surface area contributed by atoms with E-state index >= 15 is 0 Å². The molecule has 1 aliphatic heterocycles. The van der Waals surface area contributed by atoms with Crippen LogP contribution in [0.3, 0.4) is 0 Å². The summed E-state index contributed by atoms with van der Waals surface area (Å²) < 4.78 is 7.67. The fourth-order valence-corrected chi connectivity index (χ4v) is 4.82. The van der Waals surface area contributed by atoms with Crippen molar-refractivity contribution in [1.82, 2.24) is 14.9 Å². The number of thiocarbonyl (C=S) groups is 1. The summed E-state index contributed by atoms with van der Waals surface area (Å²) in [5, 5.41) is 4.29. The number of methoxy groups -OCH3 is 1. The maximum Gasteiger partial charge on any atom is 0.174 e. The standard InChI is InChI=1S/C25H30N4OS/c1-16-9-10-20(14-17(16)2)29-24(21-15-18(3)28(19(21)4)12-13-30-5)23(27-25(29)31)22-8-6-7-11-26-22/h6-11,14-15,23-24H,12-13H2,1-5H3,(H,27,31). The minimum Gasteiger partial charge on any atom is -0.383 e. The number of aromatic nitrogens is 2. The first-order valence-corrected chi connectivity index (χ1v) is 11.1. The van der Waals surface area contributed by atoms with Gasteiger partial charge >= 0.3 is 0 Å². The first kappa shape index (κ1) is 21.5. The van der Waals surface area contributed by atoms with Gasteiger partial charge in [-0.25, -0.2) is 0 Å². The van der Waals surface area contributed by atoms with Crippen molar-refractivity contribution in [3.05, 3.63) is 82.4 Å². The van der Waals surface area contributed by atoms with Crippen LogP contribution in [0, 0.1) is 27.7 Å². The van der Waals surface area contributed by atoms with E-state index in [2.05, 4.69) is 77.8 Å². The van der Waals surface area contributed by atoms with Crippen molar-refractivity contribution in [3.8, 4) is 0 Å². The number of nitrogens with one attached hydrogen (secondary N) is 1. The van der Waals surface area contributed by atoms with Gasteiger partial charge in [-0.1, -0.05) is 12.1 Å². The fraction of sp³-hybridized carbons (Fsp3) is 0.360. The molecule has 0 bridgehead atoms. The molecule has 0 saturated carbocycles. The number of aryl methyl sites for hydroxylation is 3. The van der Waals surface area contributed by atoms with Crippen LogP contribution in [0.4, 0.5) is 5.69 Å². The Hall–Kier alpha value is -2.70. The molecular formula is C25H30N4OS. The number of anilines is 1. The molecule has 1 fully saturated rings. The summed E-state index contributed by atoms with van der Waals surface area (Å²) in [6.07, 6.45) is 1.84. The predicted octanol–water partition coefficient (Wildman–Crippen LogP) is 4.94. The van der Waals surface area contributed by atoms with E-state index in [9.17, 15) is 0 Å². The first-order chi connectivity index (χ1) is 14.9. The Morgan fingerprint density at radius 1 is 1.06 bits per heavy atom. The molecule has 1 N–H and O–H groups in total. The maximum atomic E-state index is 5.87. The Bertz CT molecular complexity index is 1090. The Balaban J connectivity index is 1.85. The lowest BCUT2D eigenvalue weighted by molar-refractivity contribution is 0.186. The number of ether oxygens (including phenoxy) is 1. The molecule has 5 nitrogen and oxygen atoms in total. The lowest BCUT2D eigenvalue weighted by Crippen LogP contribution is -2.29. The van der Waals surface area contributed by atoms with Gasteiger partial charge in [-0.3, -0.25) is 4.98 Å². The molecule has 3 heterocycles. The van der Waals surface area contributed by atoms with Crippen LogP contribution in [-0.2, 0) is 11.3 Å². The van der Waals surface area contributed by atoms with Crippen molar-refractivity contribution in [2.75, 3.05) is 18.6 Å². The van der Waals surface area contributed by atoms with Crippen LogP contribution < -0.4 is 10.2 Å². The largest absolute Gasteiger partial charge is 0.383 e. The average Bonchev–Trinajstić information content (AvgIpc) is 3.25. The van der Waals surface area contributed by atoms with Gasteiger partial charge in [-0.05, 0) is 86.9 Å². The molecule has 31 heavy (non-hydrogen) atoms. The third-order valence-corrected chi connectivity index (χ3v) is 6.63. The summed E-state index contributed by atoms with van der Waals surface area (Å²) in [6, 6.07) is 14.9. The van der Waals surface area contributed by atoms with Crippen LogP contribution >= 0.6 is 12.2 Å². The molecule has 1 aliphatic rings. The van der Waals surface area contributed by atoms with Crippen LogP contribution in [-0.4, -0.2) is 28.4 Å². The molecule has 0 spiro atoms. The smallest absolute Gasteiger partial charge is 0.174 e. The van der Waals surface area contributed by atoms with E-state index in [0.717, 1.165) is 23.0 Å². The third-order valence-electron chi connectivity index (χ3n) is 6.32. The Kier molecular flexibility index (Phi) is 6.12. The summed E-state index contributed by atoms with van der Waals surface area (Å²) >= 11 is 5.87. The number of rotatable bonds is 6. The van der Waals surface area contributed by atoms with Gasteiger partial charge in [0.2, 0.25) is 0 Å². The molecule has 0 aliphatic carbocycles. The van der Waals surface area contributed by atoms with E-state index in [1.165, 1.54) is 28.1 Å². The van der Waals surface area contributed by atoms with Crippen LogP contribution in [0.15, 0.2) is 48.7 Å². The highest BCUT2D eigenvalue weighted by Gasteiger charge is 2.42. The Morgan fingerprint density at radius 2 is 1.87 bits per heavy atom. The van der Waals surface area contributed by atoms with E-state index in [-0.39, 0.29) is 12.1 Å². The molecule has 1 saturated heterocycles. The SMILES string of the molecule is COCCn1c(C)cc(C2C(c3ccccn3)NC(=S)N2c2ccc(C)c(C)c2)c1C. The second kappa shape index (κ2) is 8.81. The van der Waals surface area contributed by atoms with Gasteiger partial charge in [0.05, 0.1) is 24.4 Å². The van der Waals surface area contributed by atoms with Crippen molar-refractivity contribution in [2.24, 2.45) is 0 Å². The average molecular weight is 435 g/mol. The fourth-order valence-electron chi connectivity index (χ4n) is 4.48. The van der Waals surface area contributed by atoms with Crippen molar-refractivity contribution in [2.45, 2.75) is 46.3 Å². The zero-order valence-electron chi connectivity index (χ0n) is 18.8. The molecule has 3 aromatic rings. The molecular weight excluding hydrogens is 404 g/mol. The van der Waals surface area contributed by atoms with E-state index in [1.807, 2.05) is 18.3 Å². The highest BCUT2D eigenvalue weighted by molar-refractivity contribution is 7.80. The zero-order valence-corrected chi connectivity index (χ0v) is 19.7. The highest BCUT2D eigenvalue weighted by atomic mass is 32.1. The summed E-state index contributed by atoms with van der Waals surface area (Å²) in [5.41, 5.74) is 8.34. The quantitative estimate of drug-likeness (QED) is 0.557. The zero-order chi connectivity index (χ0) is 22.1. The normalized spacial score (nSPS) is 18.5. The number of pyridine rings is 1. The van der Waals surface area contributed by atoms with Crippen LogP contribution in [0.2, 0.25) is 0 Å². The molecule has 1 aromatic carbocycles. The van der Waals surface area contributed by atoms with Crippen LogP contribution in [0.1, 0.15) is 45.9 Å². The van der Waals surface area contributed by atoms with E-state index < -0.39 is 0 Å². The third kappa shape index (κ3) is 3.98. The van der Waals surface area contributed by atoms with Gasteiger partial charge in [0.1, 0.15) is 0 Å². The van der Waals surface area contributed by atoms with Gasteiger partial charge in [-0.15, -0.1) is 0 Å². The summed E-state index contributed by atoms with van der Waals surface area (Å²) in [5.74, 6) is 0. The second-order valence-electron chi connectivity index (χ2n) is 8.24. The summed E-state index contributed by atoms with van der Waals surface area (Å²) in [4.78, 5) is 6.92. The molecule has 4 rings (SSSR count). The van der Waals surface area contributed by atoms with E-state index in [0.29, 0.717) is 6.61 Å². The van der Waals surface area contributed by atoms with Gasteiger partial charge in [0.15, 0.2) is 5.11 Å². The van der Waals surface area contributed by atoms with Crippen molar-refractivity contribution >= 4 is 23.0 Å². The maximum absolute atomic E-state index is 5.87. The van der Waals surface area contributed by atoms with Crippen molar-refractivity contribution in [3.63, 3.8) is 0 Å². The number of nitrogens with zero attached hydrogens (tertiary/aromatic N) is 3. The molecule has 0 radical (unpaired) electrons. The van der Waals surface area contributed by atoms with E-state index in [4.69, 9.17) is 17.0 Å². The number of benzene rings is 1. The second-order valence-corrected chi connectivity index (χ2v) is 8.62. The minimum absolute atomic E-state index is 0.00648. The van der Waals surface area contributed by atoms with Gasteiger partial charge in [-0.2, -0.15) is 0 Å². The Labute approximate surface area is 190 Å². The minimum atomic E-state index is -0.0355. The number of hydrogen-bond donors (Lipinski definition) is 1. The number of hydrogen-bond acceptors (Lipinski definition) is 3. The highest BCUT2D eigenvalue weighted by Crippen LogP contribution is 2.43. The van der Waals surface area contributed by atoms with E-state index in [1.54, 1.807) is 7.11 Å².